The molecule has 5 aromatic rings. The molecule has 12 heteroatoms. The molecule has 0 unspecified atom stereocenters. The van der Waals surface area contributed by atoms with Gasteiger partial charge in [0.2, 0.25) is 0 Å². The molecule has 0 radical (unpaired) electrons. The van der Waals surface area contributed by atoms with Crippen molar-refractivity contribution in [3.8, 4) is 23.0 Å². The van der Waals surface area contributed by atoms with Crippen molar-refractivity contribution in [3.05, 3.63) is 96.2 Å². The van der Waals surface area contributed by atoms with Gasteiger partial charge < -0.3 is 39.5 Å². The molecule has 0 spiro atoms. The molecule has 0 saturated carbocycles. The summed E-state index contributed by atoms with van der Waals surface area (Å²) in [5, 5.41) is 11.2. The van der Waals surface area contributed by atoms with E-state index in [-0.39, 0.29) is 5.41 Å². The maximum Gasteiger partial charge on any atom is 0.341 e. The van der Waals surface area contributed by atoms with E-state index in [2.05, 4.69) is 41.7 Å². The summed E-state index contributed by atoms with van der Waals surface area (Å²) in [6, 6.07) is 22.9. The van der Waals surface area contributed by atoms with Crippen molar-refractivity contribution in [1.29, 1.82) is 0 Å². The molecule has 1 heterocycles. The highest BCUT2D eigenvalue weighted by atomic mass is 31.2. The van der Waals surface area contributed by atoms with Crippen LogP contribution < -0.4 is 35.5 Å². The van der Waals surface area contributed by atoms with E-state index in [0.717, 1.165) is 16.3 Å². The van der Waals surface area contributed by atoms with E-state index in [1.54, 1.807) is 62.0 Å². The van der Waals surface area contributed by atoms with Crippen molar-refractivity contribution in [2.75, 3.05) is 50.6 Å². The summed E-state index contributed by atoms with van der Waals surface area (Å²) in [5.41, 5.74) is 2.61. The zero-order chi connectivity index (χ0) is 36.2. The number of pyridine rings is 1. The minimum absolute atomic E-state index is 0.258. The molecule has 2 amide bonds. The Morgan fingerprint density at radius 1 is 0.780 bits per heavy atom. The number of nitrogens with one attached hydrogen (secondary N) is 3. The number of esters is 1. The summed E-state index contributed by atoms with van der Waals surface area (Å²) in [6.45, 7) is 9.54. The number of fused-ring (bicyclic) bond motifs is 1. The van der Waals surface area contributed by atoms with Gasteiger partial charge in [0.15, 0.2) is 5.75 Å². The first-order chi connectivity index (χ1) is 23.7. The quantitative estimate of drug-likeness (QED) is 0.0967. The highest BCUT2D eigenvalue weighted by Crippen LogP contribution is 2.43. The van der Waals surface area contributed by atoms with Gasteiger partial charge >= 0.3 is 12.0 Å². The lowest BCUT2D eigenvalue weighted by Crippen LogP contribution is -2.23. The summed E-state index contributed by atoms with van der Waals surface area (Å²) < 4.78 is 35.4. The molecule has 0 saturated heterocycles. The second-order valence-corrected chi connectivity index (χ2v) is 16.1. The molecule has 3 N–H and O–H groups in total. The lowest BCUT2D eigenvalue weighted by Gasteiger charge is -2.25. The van der Waals surface area contributed by atoms with Crippen molar-refractivity contribution in [2.45, 2.75) is 26.2 Å². The summed E-state index contributed by atoms with van der Waals surface area (Å²) in [6.07, 6.45) is 1.62. The van der Waals surface area contributed by atoms with Crippen LogP contribution in [-0.4, -0.2) is 51.6 Å². The summed E-state index contributed by atoms with van der Waals surface area (Å²) in [5.74, 6) is 1.83. The van der Waals surface area contributed by atoms with Crippen molar-refractivity contribution in [1.82, 2.24) is 4.98 Å². The van der Waals surface area contributed by atoms with Crippen LogP contribution in [0.2, 0.25) is 0 Å². The second-order valence-electron chi connectivity index (χ2n) is 12.9. The molecule has 0 aliphatic carbocycles. The van der Waals surface area contributed by atoms with E-state index < -0.39 is 19.1 Å². The lowest BCUT2D eigenvalue weighted by molar-refractivity contribution is 0.0597. The molecule has 0 bridgehead atoms. The van der Waals surface area contributed by atoms with Crippen LogP contribution in [-0.2, 0) is 14.7 Å². The number of hydrogen-bond acceptors (Lipinski definition) is 9. The van der Waals surface area contributed by atoms with Gasteiger partial charge in [0.1, 0.15) is 35.8 Å². The molecule has 50 heavy (non-hydrogen) atoms. The van der Waals surface area contributed by atoms with Crippen LogP contribution in [0.3, 0.4) is 0 Å². The smallest absolute Gasteiger partial charge is 0.341 e. The Morgan fingerprint density at radius 3 is 2.16 bits per heavy atom. The van der Waals surface area contributed by atoms with Gasteiger partial charge in [0, 0.05) is 34.8 Å². The number of amides is 2. The number of carbonyl (C=O) groups is 2. The number of hydrogen-bond donors (Lipinski definition) is 3. The average Bonchev–Trinajstić information content (AvgIpc) is 3.08. The molecule has 11 nitrogen and oxygen atoms in total. The fourth-order valence-electron chi connectivity index (χ4n) is 5.36. The normalized spacial score (nSPS) is 11.4. The van der Waals surface area contributed by atoms with Gasteiger partial charge in [0.05, 0.1) is 38.0 Å². The molecule has 0 aliphatic heterocycles. The monoisotopic (exact) mass is 696 g/mol. The molecule has 260 valence electrons. The van der Waals surface area contributed by atoms with E-state index in [1.807, 2.05) is 36.4 Å². The number of urea groups is 1. The highest BCUT2D eigenvalue weighted by Gasteiger charge is 2.26. The van der Waals surface area contributed by atoms with Gasteiger partial charge in [-0.3, -0.25) is 0 Å². The molecular weight excluding hydrogens is 655 g/mol. The Labute approximate surface area is 291 Å². The van der Waals surface area contributed by atoms with E-state index in [4.69, 9.17) is 18.9 Å². The van der Waals surface area contributed by atoms with Gasteiger partial charge in [0.25, 0.3) is 0 Å². The van der Waals surface area contributed by atoms with Gasteiger partial charge in [-0.1, -0.05) is 45.0 Å². The van der Waals surface area contributed by atoms with Gasteiger partial charge in [-0.25, -0.2) is 14.6 Å². The Kier molecular flexibility index (Phi) is 10.4. The van der Waals surface area contributed by atoms with Gasteiger partial charge in [-0.2, -0.15) is 0 Å². The number of carbonyl (C=O) groups excluding carboxylic acids is 2. The standard InChI is InChI=1S/C38H41N4O7P/c1-38(2,3)23-19-30(35(47-5)33(20-23)50(7,8)45)42-37(44)41-29-15-16-31(27-12-10-9-11-26(27)29)49-25-17-18-39-34(22-25)40-24-13-14-28(36(43)48-6)32(21-24)46-4/h9-22H,1-8H3,(H,39,40)(H2,41,42,44). The average molecular weight is 697 g/mol. The van der Waals surface area contributed by atoms with Crippen molar-refractivity contribution >= 4 is 58.1 Å². The van der Waals surface area contributed by atoms with Gasteiger partial charge in [-0.05, 0) is 66.8 Å². The van der Waals surface area contributed by atoms with Crippen LogP contribution in [0.1, 0.15) is 36.7 Å². The first-order valence-electron chi connectivity index (χ1n) is 15.8. The summed E-state index contributed by atoms with van der Waals surface area (Å²) in [7, 11) is 1.55. The fourth-order valence-corrected chi connectivity index (χ4v) is 6.52. The maximum atomic E-state index is 13.5. The first kappa shape index (κ1) is 35.8. The third-order valence-corrected chi connectivity index (χ3v) is 9.43. The molecule has 0 aliphatic rings. The molecule has 0 fully saturated rings. The predicted octanol–water partition coefficient (Wildman–Crippen LogP) is 8.76. The van der Waals surface area contributed by atoms with E-state index >= 15 is 0 Å². The zero-order valence-electron chi connectivity index (χ0n) is 29.3. The van der Waals surface area contributed by atoms with Crippen molar-refractivity contribution in [2.24, 2.45) is 0 Å². The van der Waals surface area contributed by atoms with Crippen LogP contribution in [0.15, 0.2) is 85.1 Å². The topological polar surface area (TPSA) is 137 Å². The van der Waals surface area contributed by atoms with Gasteiger partial charge in [-0.15, -0.1) is 0 Å². The predicted molar refractivity (Wildman–Crippen MR) is 199 cm³/mol. The molecule has 5 rings (SSSR count). The molecule has 1 aromatic heterocycles. The minimum Gasteiger partial charge on any atom is -0.496 e. The minimum atomic E-state index is -2.74. The largest absolute Gasteiger partial charge is 0.496 e. The number of rotatable bonds is 10. The Bertz CT molecular complexity index is 2120. The van der Waals surface area contributed by atoms with Crippen LogP contribution in [0.5, 0.6) is 23.0 Å². The number of methoxy groups -OCH3 is 3. The maximum absolute atomic E-state index is 13.5. The highest BCUT2D eigenvalue weighted by molar-refractivity contribution is 7.70. The molecule has 0 atom stereocenters. The number of nitrogens with zero attached hydrogens (tertiary/aromatic N) is 1. The van der Waals surface area contributed by atoms with E-state index in [1.165, 1.54) is 21.3 Å². The lowest BCUT2D eigenvalue weighted by atomic mass is 9.86. The fraction of sp³-hybridized carbons (Fsp3) is 0.237. The first-order valence-corrected chi connectivity index (χ1v) is 18.4. The number of aromatic nitrogens is 1. The SMILES string of the molecule is COC(=O)c1ccc(Nc2cc(Oc3ccc(NC(=O)Nc4cc(C(C)(C)C)cc(P(C)(C)=O)c4OC)c4ccccc34)ccn2)cc1OC. The third-order valence-electron chi connectivity index (χ3n) is 7.94. The van der Waals surface area contributed by atoms with Crippen molar-refractivity contribution in [3.63, 3.8) is 0 Å². The third kappa shape index (κ3) is 8.01. The second kappa shape index (κ2) is 14.5. The number of anilines is 4. The van der Waals surface area contributed by atoms with Crippen LogP contribution in [0.25, 0.3) is 10.8 Å². The van der Waals surface area contributed by atoms with E-state index in [0.29, 0.717) is 56.7 Å². The Morgan fingerprint density at radius 2 is 1.50 bits per heavy atom. The van der Waals surface area contributed by atoms with Crippen molar-refractivity contribution < 1.29 is 33.1 Å². The van der Waals surface area contributed by atoms with Crippen LogP contribution in [0.4, 0.5) is 27.7 Å². The van der Waals surface area contributed by atoms with E-state index in [9.17, 15) is 14.2 Å². The Balaban J connectivity index is 1.38. The van der Waals surface area contributed by atoms with Crippen LogP contribution in [0, 0.1) is 0 Å². The molecular formula is C38H41N4O7P. The Hall–Kier alpha value is -5.54. The van der Waals surface area contributed by atoms with Crippen LogP contribution >= 0.6 is 7.14 Å². The zero-order valence-corrected chi connectivity index (χ0v) is 30.2. The summed E-state index contributed by atoms with van der Waals surface area (Å²) >= 11 is 0. The molecule has 4 aromatic carbocycles. The number of benzene rings is 4. The number of ether oxygens (including phenoxy) is 4. The summed E-state index contributed by atoms with van der Waals surface area (Å²) in [4.78, 5) is 29.9.